The maximum Gasteiger partial charge on any atom is 0.128 e. The number of imidazole rings is 1. The zero-order valence-electron chi connectivity index (χ0n) is 5.63. The van der Waals surface area contributed by atoms with E-state index in [1.165, 1.54) is 0 Å². The van der Waals surface area contributed by atoms with Crippen LogP contribution in [0.2, 0.25) is 5.15 Å². The molecule has 0 radical (unpaired) electrons. The lowest BCUT2D eigenvalue weighted by molar-refractivity contribution is 0.651. The number of nitrogens with two attached hydrogens (primary N) is 1. The Morgan fingerprint density at radius 1 is 1.70 bits per heavy atom. The van der Waals surface area contributed by atoms with Crippen molar-refractivity contribution in [1.82, 2.24) is 9.55 Å². The molecule has 0 saturated carbocycles. The van der Waals surface area contributed by atoms with Gasteiger partial charge in [0.25, 0.3) is 0 Å². The third-order valence-corrected chi connectivity index (χ3v) is 1.58. The minimum atomic E-state index is 0.674. The highest BCUT2D eigenvalue weighted by Crippen LogP contribution is 2.06. The molecular formula is C6H10ClN3. The molecule has 0 fully saturated rings. The molecule has 0 aromatic carbocycles. The highest BCUT2D eigenvalue weighted by molar-refractivity contribution is 6.29. The molecule has 0 atom stereocenters. The molecule has 0 spiro atoms. The Morgan fingerprint density at radius 2 is 2.50 bits per heavy atom. The second-order valence-electron chi connectivity index (χ2n) is 2.05. The van der Waals surface area contributed by atoms with E-state index in [0.29, 0.717) is 11.7 Å². The van der Waals surface area contributed by atoms with E-state index in [0.717, 1.165) is 13.0 Å². The maximum absolute atomic E-state index is 5.74. The molecule has 1 heterocycles. The standard InChI is InChI=1S/C6H10ClN3/c7-6-4-9-5-10(6)3-1-2-8/h4-5H,1-3,8H2. The van der Waals surface area contributed by atoms with Gasteiger partial charge in [-0.3, -0.25) is 0 Å². The van der Waals surface area contributed by atoms with Gasteiger partial charge in [-0.05, 0) is 13.0 Å². The summed E-state index contributed by atoms with van der Waals surface area (Å²) in [7, 11) is 0. The summed E-state index contributed by atoms with van der Waals surface area (Å²) < 4.78 is 1.87. The Bertz CT molecular complexity index is 197. The van der Waals surface area contributed by atoms with Crippen molar-refractivity contribution in [2.45, 2.75) is 13.0 Å². The molecule has 4 heteroatoms. The van der Waals surface area contributed by atoms with E-state index < -0.39 is 0 Å². The van der Waals surface area contributed by atoms with Crippen LogP contribution in [0.5, 0.6) is 0 Å². The molecule has 1 rings (SSSR count). The SMILES string of the molecule is NCCCn1cncc1Cl. The van der Waals surface area contributed by atoms with Gasteiger partial charge in [0.2, 0.25) is 0 Å². The van der Waals surface area contributed by atoms with Crippen molar-refractivity contribution < 1.29 is 0 Å². The van der Waals surface area contributed by atoms with Crippen LogP contribution in [0.25, 0.3) is 0 Å². The van der Waals surface area contributed by atoms with Gasteiger partial charge in [-0.25, -0.2) is 4.98 Å². The van der Waals surface area contributed by atoms with Gasteiger partial charge in [0.15, 0.2) is 0 Å². The molecule has 0 unspecified atom stereocenters. The third kappa shape index (κ3) is 1.72. The predicted molar refractivity (Wildman–Crippen MR) is 40.9 cm³/mol. The Labute approximate surface area is 64.8 Å². The molecule has 3 nitrogen and oxygen atoms in total. The summed E-state index contributed by atoms with van der Waals surface area (Å²) in [6.07, 6.45) is 4.27. The lowest BCUT2D eigenvalue weighted by Gasteiger charge is -1.99. The lowest BCUT2D eigenvalue weighted by atomic mass is 10.4. The third-order valence-electron chi connectivity index (χ3n) is 1.26. The topological polar surface area (TPSA) is 43.8 Å². The molecule has 0 bridgehead atoms. The van der Waals surface area contributed by atoms with Gasteiger partial charge in [0.05, 0.1) is 12.5 Å². The van der Waals surface area contributed by atoms with Crippen LogP contribution < -0.4 is 5.73 Å². The predicted octanol–water partition coefficient (Wildman–Crippen LogP) is 0.885. The number of nitrogens with zero attached hydrogens (tertiary/aromatic N) is 2. The van der Waals surface area contributed by atoms with Crippen molar-refractivity contribution >= 4 is 11.6 Å². The number of hydrogen-bond acceptors (Lipinski definition) is 2. The smallest absolute Gasteiger partial charge is 0.128 e. The largest absolute Gasteiger partial charge is 0.330 e. The Morgan fingerprint density at radius 3 is 3.00 bits per heavy atom. The van der Waals surface area contributed by atoms with Gasteiger partial charge in [-0.1, -0.05) is 11.6 Å². The van der Waals surface area contributed by atoms with Gasteiger partial charge >= 0.3 is 0 Å². The first-order chi connectivity index (χ1) is 4.84. The molecular weight excluding hydrogens is 150 g/mol. The number of hydrogen-bond donors (Lipinski definition) is 1. The van der Waals surface area contributed by atoms with E-state index in [4.69, 9.17) is 17.3 Å². The van der Waals surface area contributed by atoms with Crippen molar-refractivity contribution in [2.75, 3.05) is 6.54 Å². The van der Waals surface area contributed by atoms with Crippen LogP contribution in [0.3, 0.4) is 0 Å². The highest BCUT2D eigenvalue weighted by Gasteiger charge is 1.95. The molecule has 56 valence electrons. The van der Waals surface area contributed by atoms with E-state index in [1.54, 1.807) is 12.5 Å². The summed E-state index contributed by atoms with van der Waals surface area (Å²) in [5, 5.41) is 0.674. The van der Waals surface area contributed by atoms with Gasteiger partial charge in [-0.15, -0.1) is 0 Å². The molecule has 0 aliphatic rings. The van der Waals surface area contributed by atoms with Gasteiger partial charge in [0, 0.05) is 6.54 Å². The highest BCUT2D eigenvalue weighted by atomic mass is 35.5. The first kappa shape index (κ1) is 7.57. The van der Waals surface area contributed by atoms with Crippen LogP contribution in [0, 0.1) is 0 Å². The fourth-order valence-electron chi connectivity index (χ4n) is 0.731. The Kier molecular flexibility index (Phi) is 2.71. The second-order valence-corrected chi connectivity index (χ2v) is 2.44. The van der Waals surface area contributed by atoms with Gasteiger partial charge < -0.3 is 10.3 Å². The summed E-state index contributed by atoms with van der Waals surface area (Å²) in [5.41, 5.74) is 5.32. The van der Waals surface area contributed by atoms with E-state index >= 15 is 0 Å². The number of halogens is 1. The Hall–Kier alpha value is -0.540. The van der Waals surface area contributed by atoms with E-state index in [9.17, 15) is 0 Å². The molecule has 0 aliphatic heterocycles. The minimum Gasteiger partial charge on any atom is -0.330 e. The Balaban J connectivity index is 2.49. The van der Waals surface area contributed by atoms with Crippen molar-refractivity contribution in [3.8, 4) is 0 Å². The fourth-order valence-corrected chi connectivity index (χ4v) is 0.915. The van der Waals surface area contributed by atoms with E-state index in [2.05, 4.69) is 4.98 Å². The summed E-state index contributed by atoms with van der Waals surface area (Å²) in [6.45, 7) is 1.55. The molecule has 0 aliphatic carbocycles. The van der Waals surface area contributed by atoms with E-state index in [1.807, 2.05) is 4.57 Å². The average molecular weight is 160 g/mol. The normalized spacial score (nSPS) is 10.2. The van der Waals surface area contributed by atoms with Gasteiger partial charge in [0.1, 0.15) is 5.15 Å². The number of rotatable bonds is 3. The second kappa shape index (κ2) is 3.58. The maximum atomic E-state index is 5.74. The van der Waals surface area contributed by atoms with Crippen LogP contribution in [0.1, 0.15) is 6.42 Å². The number of aromatic nitrogens is 2. The summed E-state index contributed by atoms with van der Waals surface area (Å²) in [5.74, 6) is 0. The fraction of sp³-hybridized carbons (Fsp3) is 0.500. The van der Waals surface area contributed by atoms with Crippen LogP contribution in [-0.4, -0.2) is 16.1 Å². The summed E-state index contributed by atoms with van der Waals surface area (Å²) >= 11 is 5.74. The van der Waals surface area contributed by atoms with Crippen LogP contribution >= 0.6 is 11.6 Å². The zero-order chi connectivity index (χ0) is 7.40. The molecule has 10 heavy (non-hydrogen) atoms. The van der Waals surface area contributed by atoms with Crippen molar-refractivity contribution in [3.05, 3.63) is 17.7 Å². The molecule has 1 aromatic rings. The van der Waals surface area contributed by atoms with Crippen LogP contribution in [0.4, 0.5) is 0 Å². The van der Waals surface area contributed by atoms with Crippen molar-refractivity contribution in [3.63, 3.8) is 0 Å². The first-order valence-electron chi connectivity index (χ1n) is 3.20. The minimum absolute atomic E-state index is 0.674. The van der Waals surface area contributed by atoms with Crippen molar-refractivity contribution in [2.24, 2.45) is 5.73 Å². The monoisotopic (exact) mass is 159 g/mol. The van der Waals surface area contributed by atoms with E-state index in [-0.39, 0.29) is 0 Å². The van der Waals surface area contributed by atoms with Crippen LogP contribution in [0.15, 0.2) is 12.5 Å². The van der Waals surface area contributed by atoms with Crippen LogP contribution in [-0.2, 0) is 6.54 Å². The zero-order valence-corrected chi connectivity index (χ0v) is 6.38. The summed E-state index contributed by atoms with van der Waals surface area (Å²) in [4.78, 5) is 3.86. The molecule has 1 aromatic heterocycles. The summed E-state index contributed by atoms with van der Waals surface area (Å²) in [6, 6.07) is 0. The van der Waals surface area contributed by atoms with Gasteiger partial charge in [-0.2, -0.15) is 0 Å². The number of aryl methyl sites for hydroxylation is 1. The first-order valence-corrected chi connectivity index (χ1v) is 3.58. The lowest BCUT2D eigenvalue weighted by Crippen LogP contribution is -2.04. The molecule has 0 amide bonds. The van der Waals surface area contributed by atoms with Crippen molar-refractivity contribution in [1.29, 1.82) is 0 Å². The molecule has 2 N–H and O–H groups in total. The molecule has 0 saturated heterocycles. The average Bonchev–Trinajstić information content (AvgIpc) is 2.31. The quantitative estimate of drug-likeness (QED) is 0.712.